The van der Waals surface area contributed by atoms with Gasteiger partial charge in [0.1, 0.15) is 6.29 Å². The summed E-state index contributed by atoms with van der Waals surface area (Å²) in [6, 6.07) is 8.14. The van der Waals surface area contributed by atoms with Crippen molar-refractivity contribution in [2.24, 2.45) is 5.92 Å². The summed E-state index contributed by atoms with van der Waals surface area (Å²) in [5, 5.41) is 5.60. The maximum Gasteiger partial charge on any atom is 0.217 e. The Labute approximate surface area is 154 Å². The first kappa shape index (κ1) is 18.1. The Morgan fingerprint density at radius 2 is 2.04 bits per heavy atom. The lowest BCUT2D eigenvalue weighted by molar-refractivity contribution is -0.109. The number of carbonyl (C=O) groups is 1. The third-order valence-electron chi connectivity index (χ3n) is 4.87. The first-order valence-corrected chi connectivity index (χ1v) is 8.96. The minimum atomic E-state index is -0.225. The zero-order chi connectivity index (χ0) is 18.8. The van der Waals surface area contributed by atoms with Crippen LogP contribution < -0.4 is 4.74 Å². The molecular formula is C21H25N3O2. The topological polar surface area (TPSA) is 57.0 Å². The second-order valence-electron chi connectivity index (χ2n) is 6.89. The van der Waals surface area contributed by atoms with Crippen LogP contribution in [-0.4, -0.2) is 28.2 Å². The lowest BCUT2D eigenvalue weighted by Gasteiger charge is -2.18. The van der Waals surface area contributed by atoms with E-state index >= 15 is 0 Å². The molecule has 1 atom stereocenters. The van der Waals surface area contributed by atoms with E-state index in [-0.39, 0.29) is 11.8 Å². The van der Waals surface area contributed by atoms with Gasteiger partial charge in [-0.15, -0.1) is 0 Å². The molecule has 2 aromatic heterocycles. The van der Waals surface area contributed by atoms with Gasteiger partial charge >= 0.3 is 0 Å². The Balaban J connectivity index is 2.12. The minimum absolute atomic E-state index is 0.187. The number of hydrogen-bond acceptors (Lipinski definition) is 4. The number of aromatic nitrogens is 3. The first-order valence-electron chi connectivity index (χ1n) is 8.96. The fourth-order valence-corrected chi connectivity index (χ4v) is 3.37. The normalized spacial score (nSPS) is 12.5. The fraction of sp³-hybridized carbons (Fsp3) is 0.381. The third kappa shape index (κ3) is 3.09. The maximum atomic E-state index is 11.5. The largest absolute Gasteiger partial charge is 0.481 e. The van der Waals surface area contributed by atoms with Gasteiger partial charge in [0.25, 0.3) is 0 Å². The summed E-state index contributed by atoms with van der Waals surface area (Å²) >= 11 is 0. The summed E-state index contributed by atoms with van der Waals surface area (Å²) < 4.78 is 7.49. The number of nitrogens with zero attached hydrogens (tertiary/aromatic N) is 3. The highest BCUT2D eigenvalue weighted by atomic mass is 16.5. The zero-order valence-corrected chi connectivity index (χ0v) is 16.0. The predicted molar refractivity (Wildman–Crippen MR) is 104 cm³/mol. The molecule has 0 aliphatic carbocycles. The Kier molecular flexibility index (Phi) is 5.07. The molecule has 5 heteroatoms. The summed E-state index contributed by atoms with van der Waals surface area (Å²) in [5.41, 5.74) is 4.93. The second-order valence-corrected chi connectivity index (χ2v) is 6.89. The van der Waals surface area contributed by atoms with Crippen molar-refractivity contribution in [2.45, 2.75) is 40.2 Å². The van der Waals surface area contributed by atoms with Crippen molar-refractivity contribution in [1.29, 1.82) is 0 Å². The van der Waals surface area contributed by atoms with Gasteiger partial charge in [-0.05, 0) is 43.5 Å². The van der Waals surface area contributed by atoms with E-state index < -0.39 is 0 Å². The third-order valence-corrected chi connectivity index (χ3v) is 4.87. The molecule has 0 bridgehead atoms. The van der Waals surface area contributed by atoms with Crippen LogP contribution in [0.15, 0.2) is 30.5 Å². The molecule has 0 spiro atoms. The van der Waals surface area contributed by atoms with Crippen molar-refractivity contribution in [3.63, 3.8) is 0 Å². The van der Waals surface area contributed by atoms with Crippen LogP contribution in [0.25, 0.3) is 22.2 Å². The van der Waals surface area contributed by atoms with Crippen molar-refractivity contribution in [3.05, 3.63) is 41.6 Å². The summed E-state index contributed by atoms with van der Waals surface area (Å²) in [4.78, 5) is 16.2. The Morgan fingerprint density at radius 3 is 2.65 bits per heavy atom. The number of hydrogen-bond donors (Lipinski definition) is 0. The molecule has 0 saturated heterocycles. The lowest BCUT2D eigenvalue weighted by atomic mass is 9.90. The van der Waals surface area contributed by atoms with E-state index in [0.717, 1.165) is 46.1 Å². The highest BCUT2D eigenvalue weighted by Gasteiger charge is 2.21. The summed E-state index contributed by atoms with van der Waals surface area (Å²) in [6.45, 7) is 9.03. The molecule has 0 saturated carbocycles. The molecule has 136 valence electrons. The Hall–Kier alpha value is -2.69. The highest BCUT2D eigenvalue weighted by Crippen LogP contribution is 2.33. The monoisotopic (exact) mass is 351 g/mol. The SMILES string of the molecule is CCn1ncc2c(C)cc(-c3ccc(C(C=O)C(C)C)c(OC)n3)cc21. The number of ether oxygens (including phenoxy) is 1. The number of aldehydes is 1. The molecule has 5 nitrogen and oxygen atoms in total. The van der Waals surface area contributed by atoms with Crippen molar-refractivity contribution in [2.75, 3.05) is 7.11 Å². The second kappa shape index (κ2) is 7.28. The molecule has 3 aromatic rings. The Morgan fingerprint density at radius 1 is 1.27 bits per heavy atom. The van der Waals surface area contributed by atoms with E-state index in [2.05, 4.69) is 36.1 Å². The van der Waals surface area contributed by atoms with Gasteiger partial charge in [-0.25, -0.2) is 4.98 Å². The number of aryl methyl sites for hydroxylation is 2. The van der Waals surface area contributed by atoms with Crippen LogP contribution >= 0.6 is 0 Å². The molecule has 0 radical (unpaired) electrons. The molecule has 3 rings (SSSR count). The van der Waals surface area contributed by atoms with E-state index in [1.807, 2.05) is 36.9 Å². The maximum absolute atomic E-state index is 11.5. The summed E-state index contributed by atoms with van der Waals surface area (Å²) in [7, 11) is 1.60. The number of rotatable bonds is 6. The summed E-state index contributed by atoms with van der Waals surface area (Å²) in [5.74, 6) is 0.471. The minimum Gasteiger partial charge on any atom is -0.481 e. The number of carbonyl (C=O) groups excluding carboxylic acids is 1. The quantitative estimate of drug-likeness (QED) is 0.619. The number of benzene rings is 1. The van der Waals surface area contributed by atoms with Crippen molar-refractivity contribution >= 4 is 17.2 Å². The average Bonchev–Trinajstić information content (AvgIpc) is 3.05. The summed E-state index contributed by atoms with van der Waals surface area (Å²) in [6.07, 6.45) is 2.88. The van der Waals surface area contributed by atoms with Crippen LogP contribution in [0.3, 0.4) is 0 Å². The van der Waals surface area contributed by atoms with Crippen LogP contribution in [0.2, 0.25) is 0 Å². The smallest absolute Gasteiger partial charge is 0.217 e. The van der Waals surface area contributed by atoms with Crippen LogP contribution in [0.5, 0.6) is 5.88 Å². The highest BCUT2D eigenvalue weighted by molar-refractivity contribution is 5.87. The number of methoxy groups -OCH3 is 1. The molecule has 0 aliphatic heterocycles. The van der Waals surface area contributed by atoms with Crippen molar-refractivity contribution < 1.29 is 9.53 Å². The number of pyridine rings is 1. The molecular weight excluding hydrogens is 326 g/mol. The standard InChI is InChI=1S/C21H25N3O2/c1-6-24-20-10-15(9-14(4)17(20)11-22-24)19-8-7-16(21(23-19)26-5)18(12-25)13(2)3/h7-13,18H,6H2,1-5H3. The van der Waals surface area contributed by atoms with Gasteiger partial charge in [-0.1, -0.05) is 19.9 Å². The molecule has 0 N–H and O–H groups in total. The molecule has 26 heavy (non-hydrogen) atoms. The molecule has 0 amide bonds. The first-order chi connectivity index (χ1) is 12.5. The van der Waals surface area contributed by atoms with Crippen molar-refractivity contribution in [1.82, 2.24) is 14.8 Å². The van der Waals surface area contributed by atoms with Crippen LogP contribution in [-0.2, 0) is 11.3 Å². The van der Waals surface area contributed by atoms with Gasteiger partial charge in [-0.2, -0.15) is 5.10 Å². The molecule has 1 unspecified atom stereocenters. The van der Waals surface area contributed by atoms with Crippen molar-refractivity contribution in [3.8, 4) is 17.1 Å². The average molecular weight is 351 g/mol. The van der Waals surface area contributed by atoms with E-state index in [0.29, 0.717) is 5.88 Å². The fourth-order valence-electron chi connectivity index (χ4n) is 3.37. The van der Waals surface area contributed by atoms with E-state index in [9.17, 15) is 4.79 Å². The molecule has 0 fully saturated rings. The van der Waals surface area contributed by atoms with Crippen LogP contribution in [0.1, 0.15) is 37.8 Å². The van der Waals surface area contributed by atoms with Gasteiger partial charge in [-0.3, -0.25) is 4.68 Å². The Bertz CT molecular complexity index is 944. The molecule has 2 heterocycles. The van der Waals surface area contributed by atoms with Crippen LogP contribution in [0.4, 0.5) is 0 Å². The van der Waals surface area contributed by atoms with E-state index in [1.165, 1.54) is 0 Å². The zero-order valence-electron chi connectivity index (χ0n) is 16.0. The van der Waals surface area contributed by atoms with Crippen LogP contribution in [0, 0.1) is 12.8 Å². The van der Waals surface area contributed by atoms with Gasteiger partial charge in [0.05, 0.1) is 24.5 Å². The van der Waals surface area contributed by atoms with E-state index in [4.69, 9.17) is 4.74 Å². The molecule has 0 aliphatic rings. The van der Waals surface area contributed by atoms with Gasteiger partial charge in [0.2, 0.25) is 5.88 Å². The van der Waals surface area contributed by atoms with Gasteiger partial charge in [0.15, 0.2) is 0 Å². The van der Waals surface area contributed by atoms with Gasteiger partial charge < -0.3 is 9.53 Å². The molecule has 1 aromatic carbocycles. The van der Waals surface area contributed by atoms with E-state index in [1.54, 1.807) is 7.11 Å². The predicted octanol–water partition coefficient (Wildman–Crippen LogP) is 4.37. The number of fused-ring (bicyclic) bond motifs is 1. The lowest BCUT2D eigenvalue weighted by Crippen LogP contribution is -2.10. The van der Waals surface area contributed by atoms with Gasteiger partial charge in [0, 0.05) is 29.0 Å².